The Morgan fingerprint density at radius 2 is 1.81 bits per heavy atom. The first-order valence-corrected chi connectivity index (χ1v) is 6.90. The number of carbonyl (C=O) groups is 1. The van der Waals surface area contributed by atoms with Gasteiger partial charge in [-0.1, -0.05) is 24.3 Å². The highest BCUT2D eigenvalue weighted by Crippen LogP contribution is 2.32. The van der Waals surface area contributed by atoms with Crippen LogP contribution in [0.5, 0.6) is 0 Å². The molecule has 0 radical (unpaired) electrons. The molecule has 0 unspecified atom stereocenters. The first kappa shape index (κ1) is 13.5. The van der Waals surface area contributed by atoms with Crippen molar-refractivity contribution in [1.82, 2.24) is 0 Å². The lowest BCUT2D eigenvalue weighted by Crippen LogP contribution is -2.16. The summed E-state index contributed by atoms with van der Waals surface area (Å²) in [4.78, 5) is 14.1. The fraction of sp³-hybridized carbons (Fsp3) is 0.235. The van der Waals surface area contributed by atoms with Gasteiger partial charge in [0.1, 0.15) is 0 Å². The Morgan fingerprint density at radius 3 is 2.38 bits per heavy atom. The average Bonchev–Trinajstić information content (AvgIpc) is 2.93. The van der Waals surface area contributed by atoms with E-state index in [-0.39, 0.29) is 0 Å². The van der Waals surface area contributed by atoms with Gasteiger partial charge in [0.2, 0.25) is 0 Å². The fourth-order valence-electron chi connectivity index (χ4n) is 2.76. The smallest absolute Gasteiger partial charge is 0.340 e. The molecule has 2 aromatic carbocycles. The number of methoxy groups -OCH3 is 1. The van der Waals surface area contributed by atoms with Gasteiger partial charge in [-0.25, -0.2) is 4.79 Å². The lowest BCUT2D eigenvalue weighted by molar-refractivity contribution is 0.0602. The predicted octanol–water partition coefficient (Wildman–Crippen LogP) is 2.88. The summed E-state index contributed by atoms with van der Waals surface area (Å²) in [5, 5.41) is 0. The number of carbonyl (C=O) groups excluding carboxylic acids is 1. The van der Waals surface area contributed by atoms with E-state index in [2.05, 4.69) is 29.2 Å². The highest BCUT2D eigenvalue weighted by molar-refractivity contribution is 5.97. The molecule has 1 aliphatic heterocycles. The van der Waals surface area contributed by atoms with Gasteiger partial charge in [0.15, 0.2) is 0 Å². The van der Waals surface area contributed by atoms with Gasteiger partial charge in [-0.3, -0.25) is 0 Å². The van der Waals surface area contributed by atoms with Crippen LogP contribution >= 0.6 is 0 Å². The SMILES string of the molecule is COC(=O)c1cc(N2Cc3ccccc3C2)cc(C)c1N. The van der Waals surface area contributed by atoms with Gasteiger partial charge in [0, 0.05) is 24.5 Å². The van der Waals surface area contributed by atoms with Crippen LogP contribution in [0.25, 0.3) is 0 Å². The molecule has 0 saturated carbocycles. The lowest BCUT2D eigenvalue weighted by atomic mass is 10.1. The van der Waals surface area contributed by atoms with Crippen molar-refractivity contribution in [3.8, 4) is 0 Å². The van der Waals surface area contributed by atoms with Gasteiger partial charge in [-0.2, -0.15) is 0 Å². The second-order valence-electron chi connectivity index (χ2n) is 5.34. The number of aryl methyl sites for hydroxylation is 1. The van der Waals surface area contributed by atoms with E-state index in [4.69, 9.17) is 10.5 Å². The molecule has 108 valence electrons. The molecular formula is C17H18N2O2. The summed E-state index contributed by atoms with van der Waals surface area (Å²) in [5.74, 6) is -0.394. The van der Waals surface area contributed by atoms with Crippen LogP contribution in [0, 0.1) is 6.92 Å². The molecule has 0 saturated heterocycles. The maximum absolute atomic E-state index is 11.9. The van der Waals surface area contributed by atoms with Gasteiger partial charge in [-0.05, 0) is 35.7 Å². The molecule has 0 aromatic heterocycles. The number of benzene rings is 2. The minimum Gasteiger partial charge on any atom is -0.465 e. The van der Waals surface area contributed by atoms with Crippen LogP contribution in [0.15, 0.2) is 36.4 Å². The third-order valence-electron chi connectivity index (χ3n) is 3.98. The number of hydrogen-bond acceptors (Lipinski definition) is 4. The predicted molar refractivity (Wildman–Crippen MR) is 83.3 cm³/mol. The van der Waals surface area contributed by atoms with Crippen LogP contribution < -0.4 is 10.6 Å². The van der Waals surface area contributed by atoms with E-state index in [0.717, 1.165) is 24.3 Å². The van der Waals surface area contributed by atoms with E-state index >= 15 is 0 Å². The van der Waals surface area contributed by atoms with Crippen molar-refractivity contribution in [3.05, 3.63) is 58.7 Å². The quantitative estimate of drug-likeness (QED) is 0.679. The van der Waals surface area contributed by atoms with Crippen molar-refractivity contribution in [3.63, 3.8) is 0 Å². The molecule has 0 atom stereocenters. The molecule has 3 rings (SSSR count). The van der Waals surface area contributed by atoms with Crippen LogP contribution in [0.3, 0.4) is 0 Å². The van der Waals surface area contributed by atoms with Gasteiger partial charge in [0.25, 0.3) is 0 Å². The Hall–Kier alpha value is -2.49. The van der Waals surface area contributed by atoms with Crippen molar-refractivity contribution < 1.29 is 9.53 Å². The maximum Gasteiger partial charge on any atom is 0.340 e. The molecule has 0 fully saturated rings. The zero-order chi connectivity index (χ0) is 15.0. The molecule has 1 aliphatic rings. The Morgan fingerprint density at radius 1 is 1.19 bits per heavy atom. The monoisotopic (exact) mass is 282 g/mol. The van der Waals surface area contributed by atoms with Crippen molar-refractivity contribution >= 4 is 17.3 Å². The third-order valence-corrected chi connectivity index (χ3v) is 3.98. The molecule has 0 amide bonds. The van der Waals surface area contributed by atoms with E-state index < -0.39 is 5.97 Å². The normalized spacial score (nSPS) is 13.1. The number of nitrogen functional groups attached to an aromatic ring is 1. The van der Waals surface area contributed by atoms with Crippen LogP contribution in [0.1, 0.15) is 27.0 Å². The number of nitrogens with two attached hydrogens (primary N) is 1. The van der Waals surface area contributed by atoms with Gasteiger partial charge in [-0.15, -0.1) is 0 Å². The summed E-state index contributed by atoms with van der Waals surface area (Å²) in [6.07, 6.45) is 0. The van der Waals surface area contributed by atoms with Crippen molar-refractivity contribution in [1.29, 1.82) is 0 Å². The lowest BCUT2D eigenvalue weighted by Gasteiger charge is -2.20. The summed E-state index contributed by atoms with van der Waals surface area (Å²) in [6, 6.07) is 12.2. The molecule has 4 heteroatoms. The summed E-state index contributed by atoms with van der Waals surface area (Å²) < 4.78 is 4.81. The molecule has 1 heterocycles. The number of rotatable bonds is 2. The second-order valence-corrected chi connectivity index (χ2v) is 5.34. The third kappa shape index (κ3) is 2.33. The van der Waals surface area contributed by atoms with Crippen LogP contribution in [-0.2, 0) is 17.8 Å². The van der Waals surface area contributed by atoms with Crippen LogP contribution in [0.4, 0.5) is 11.4 Å². The maximum atomic E-state index is 11.9. The molecular weight excluding hydrogens is 264 g/mol. The molecule has 2 N–H and O–H groups in total. The number of esters is 1. The van der Waals surface area contributed by atoms with Crippen molar-refractivity contribution in [2.45, 2.75) is 20.0 Å². The zero-order valence-corrected chi connectivity index (χ0v) is 12.2. The first-order valence-electron chi connectivity index (χ1n) is 6.90. The summed E-state index contributed by atoms with van der Waals surface area (Å²) in [7, 11) is 1.37. The van der Waals surface area contributed by atoms with E-state index in [9.17, 15) is 4.79 Å². The van der Waals surface area contributed by atoms with Crippen LogP contribution in [0.2, 0.25) is 0 Å². The molecule has 0 spiro atoms. The van der Waals surface area contributed by atoms with Gasteiger partial charge >= 0.3 is 5.97 Å². The largest absolute Gasteiger partial charge is 0.465 e. The topological polar surface area (TPSA) is 55.6 Å². The van der Waals surface area contributed by atoms with E-state index in [1.54, 1.807) is 0 Å². The second kappa shape index (κ2) is 5.13. The number of ether oxygens (including phenoxy) is 1. The highest BCUT2D eigenvalue weighted by atomic mass is 16.5. The zero-order valence-electron chi connectivity index (χ0n) is 12.2. The average molecular weight is 282 g/mol. The Kier molecular flexibility index (Phi) is 3.29. The summed E-state index contributed by atoms with van der Waals surface area (Å²) in [5.41, 5.74) is 11.5. The minimum absolute atomic E-state index is 0.394. The molecule has 21 heavy (non-hydrogen) atoms. The Bertz CT molecular complexity index is 685. The molecule has 2 aromatic rings. The van der Waals surface area contributed by atoms with E-state index in [1.807, 2.05) is 19.1 Å². The molecule has 4 nitrogen and oxygen atoms in total. The number of fused-ring (bicyclic) bond motifs is 1. The van der Waals surface area contributed by atoms with Crippen molar-refractivity contribution in [2.75, 3.05) is 17.7 Å². The summed E-state index contributed by atoms with van der Waals surface area (Å²) >= 11 is 0. The number of nitrogens with zero attached hydrogens (tertiary/aromatic N) is 1. The van der Waals surface area contributed by atoms with E-state index in [0.29, 0.717) is 11.3 Å². The van der Waals surface area contributed by atoms with Crippen LogP contribution in [-0.4, -0.2) is 13.1 Å². The van der Waals surface area contributed by atoms with Gasteiger partial charge in [0.05, 0.1) is 12.7 Å². The standard InChI is InChI=1S/C17H18N2O2/c1-11-7-14(8-15(16(11)18)17(20)21-2)19-9-12-5-3-4-6-13(12)10-19/h3-8H,9-10,18H2,1-2H3. The van der Waals surface area contributed by atoms with E-state index in [1.165, 1.54) is 18.2 Å². The fourth-order valence-corrected chi connectivity index (χ4v) is 2.76. The molecule has 0 aliphatic carbocycles. The Balaban J connectivity index is 1.98. The molecule has 0 bridgehead atoms. The summed E-state index contributed by atoms with van der Waals surface area (Å²) in [6.45, 7) is 3.61. The number of hydrogen-bond donors (Lipinski definition) is 1. The first-order chi connectivity index (χ1) is 10.1. The van der Waals surface area contributed by atoms with Gasteiger partial charge < -0.3 is 15.4 Å². The Labute approximate surface area is 124 Å². The minimum atomic E-state index is -0.394. The number of anilines is 2. The highest BCUT2D eigenvalue weighted by Gasteiger charge is 2.21. The van der Waals surface area contributed by atoms with Crippen molar-refractivity contribution in [2.24, 2.45) is 0 Å².